The molecule has 136 valence electrons. The topological polar surface area (TPSA) is 80.3 Å². The van der Waals surface area contributed by atoms with E-state index in [0.717, 1.165) is 10.6 Å². The number of rotatable bonds is 6. The summed E-state index contributed by atoms with van der Waals surface area (Å²) in [6.45, 7) is 2.02. The second-order valence-corrected chi connectivity index (χ2v) is 8.42. The van der Waals surface area contributed by atoms with E-state index in [4.69, 9.17) is 4.74 Å². The lowest BCUT2D eigenvalue weighted by Gasteiger charge is -2.28. The summed E-state index contributed by atoms with van der Waals surface area (Å²) in [6.07, 6.45) is 2.47. The number of hydrogen-bond donors (Lipinski definition) is 1. The Balaban J connectivity index is 2.09. The van der Waals surface area contributed by atoms with Crippen molar-refractivity contribution < 1.29 is 24.4 Å². The van der Waals surface area contributed by atoms with Crippen LogP contribution < -0.4 is 5.32 Å². The van der Waals surface area contributed by atoms with Crippen LogP contribution >= 0.6 is 23.1 Å². The van der Waals surface area contributed by atoms with E-state index in [0.29, 0.717) is 6.42 Å². The van der Waals surface area contributed by atoms with Gasteiger partial charge < -0.3 is 10.1 Å². The van der Waals surface area contributed by atoms with E-state index in [1.165, 1.54) is 11.9 Å². The first kappa shape index (κ1) is 18.4. The highest BCUT2D eigenvalue weighted by Crippen LogP contribution is 2.46. The molecule has 2 N–H and O–H groups in total. The van der Waals surface area contributed by atoms with E-state index in [1.807, 2.05) is 29.1 Å². The number of ether oxygens (including phenoxy) is 1. The average Bonchev–Trinajstić information content (AvgIpc) is 3.28. The van der Waals surface area contributed by atoms with Gasteiger partial charge in [-0.15, -0.1) is 11.3 Å². The molecule has 2 aliphatic rings. The van der Waals surface area contributed by atoms with E-state index in [2.05, 4.69) is 0 Å². The molecule has 25 heavy (non-hydrogen) atoms. The van der Waals surface area contributed by atoms with Gasteiger partial charge in [0.25, 0.3) is 0 Å². The normalized spacial score (nSPS) is 31.5. The van der Waals surface area contributed by atoms with Gasteiger partial charge in [-0.1, -0.05) is 6.07 Å². The molecule has 4 atom stereocenters. The van der Waals surface area contributed by atoms with E-state index >= 15 is 0 Å². The van der Waals surface area contributed by atoms with Gasteiger partial charge in [-0.05, 0) is 30.4 Å². The second kappa shape index (κ2) is 7.09. The van der Waals surface area contributed by atoms with Crippen molar-refractivity contribution in [2.24, 2.45) is 11.8 Å². The number of esters is 1. The Hall–Kier alpha value is -1.38. The Labute approximate surface area is 155 Å². The minimum atomic E-state index is -1.03. The summed E-state index contributed by atoms with van der Waals surface area (Å²) in [4.78, 5) is 40.8. The number of thioether (sulfide) groups is 1. The van der Waals surface area contributed by atoms with Gasteiger partial charge in [0.2, 0.25) is 17.4 Å². The van der Waals surface area contributed by atoms with Crippen LogP contribution in [0.15, 0.2) is 17.5 Å². The number of nitrogens with zero attached hydrogens (tertiary/aromatic N) is 1. The molecular formula is C17H23N2O4S2+. The zero-order valence-corrected chi connectivity index (χ0v) is 16.2. The van der Waals surface area contributed by atoms with Gasteiger partial charge in [-0.25, -0.2) is 4.79 Å². The first-order valence-corrected chi connectivity index (χ1v) is 10.6. The number of carbonyl (C=O) groups is 3. The summed E-state index contributed by atoms with van der Waals surface area (Å²) in [5.41, 5.74) is -1.03. The SMILES string of the molecule is CCOC(=O)[C@@]1(CCSC)[NH2+][C@@H](c2cccs2)[C@H]2C(=O)N(C)C(=O)[C@H]21. The highest BCUT2D eigenvalue weighted by atomic mass is 32.2. The largest absolute Gasteiger partial charge is 0.461 e. The van der Waals surface area contributed by atoms with Crippen molar-refractivity contribution >= 4 is 40.9 Å². The molecule has 0 bridgehead atoms. The van der Waals surface area contributed by atoms with Crippen molar-refractivity contribution in [1.82, 2.24) is 4.90 Å². The number of quaternary nitrogens is 1. The molecule has 0 saturated carbocycles. The first-order chi connectivity index (χ1) is 12.0. The third kappa shape index (κ3) is 2.80. The highest BCUT2D eigenvalue weighted by molar-refractivity contribution is 7.98. The van der Waals surface area contributed by atoms with Gasteiger partial charge >= 0.3 is 5.97 Å². The van der Waals surface area contributed by atoms with Gasteiger partial charge in [-0.2, -0.15) is 11.8 Å². The average molecular weight is 384 g/mol. The molecule has 1 aromatic rings. The maximum atomic E-state index is 12.9. The van der Waals surface area contributed by atoms with Crippen molar-refractivity contribution in [3.63, 3.8) is 0 Å². The molecule has 0 aromatic carbocycles. The van der Waals surface area contributed by atoms with Crippen LogP contribution in [0.4, 0.5) is 0 Å². The van der Waals surface area contributed by atoms with Gasteiger partial charge in [0.05, 0.1) is 11.5 Å². The molecule has 0 aliphatic carbocycles. The quantitative estimate of drug-likeness (QED) is 0.576. The molecule has 0 radical (unpaired) electrons. The summed E-state index contributed by atoms with van der Waals surface area (Å²) >= 11 is 3.18. The summed E-state index contributed by atoms with van der Waals surface area (Å²) in [7, 11) is 1.51. The fraction of sp³-hybridized carbons (Fsp3) is 0.588. The smallest absolute Gasteiger partial charge is 0.368 e. The molecule has 6 nitrogen and oxygen atoms in total. The van der Waals surface area contributed by atoms with Gasteiger partial charge in [-0.3, -0.25) is 14.5 Å². The Morgan fingerprint density at radius 1 is 1.44 bits per heavy atom. The number of likely N-dealkylation sites (tertiary alicyclic amines) is 1. The fourth-order valence-electron chi connectivity index (χ4n) is 4.08. The lowest BCUT2D eigenvalue weighted by molar-refractivity contribution is -0.734. The third-order valence-corrected chi connectivity index (χ3v) is 6.82. The molecule has 3 rings (SSSR count). The predicted molar refractivity (Wildman–Crippen MR) is 96.1 cm³/mol. The molecule has 8 heteroatoms. The van der Waals surface area contributed by atoms with Gasteiger partial charge in [0.1, 0.15) is 17.9 Å². The zero-order chi connectivity index (χ0) is 18.2. The van der Waals surface area contributed by atoms with Crippen LogP contribution in [0.2, 0.25) is 0 Å². The summed E-state index contributed by atoms with van der Waals surface area (Å²) in [5.74, 6) is -1.29. The Morgan fingerprint density at radius 3 is 2.80 bits per heavy atom. The van der Waals surface area contributed by atoms with Crippen molar-refractivity contribution in [3.8, 4) is 0 Å². The highest BCUT2D eigenvalue weighted by Gasteiger charge is 2.71. The van der Waals surface area contributed by atoms with Crippen LogP contribution in [0.25, 0.3) is 0 Å². The van der Waals surface area contributed by atoms with Crippen LogP contribution in [-0.2, 0) is 19.1 Å². The Morgan fingerprint density at radius 2 is 2.20 bits per heavy atom. The number of nitrogens with two attached hydrogens (primary N) is 1. The van der Waals surface area contributed by atoms with Crippen LogP contribution in [0.3, 0.4) is 0 Å². The standard InChI is InChI=1S/C17H22N2O4S2/c1-4-23-16(22)17(7-9-24-3)12-11(14(20)19(2)15(12)21)13(18-17)10-6-5-8-25-10/h5-6,8,11-13,18H,4,7,9H2,1-3H3/p+1/t11-,12-,13-,17-/m0/s1. The number of imide groups is 1. The minimum Gasteiger partial charge on any atom is -0.461 e. The molecular weight excluding hydrogens is 360 g/mol. The molecule has 2 fully saturated rings. The Bertz CT molecular complexity index is 678. The maximum Gasteiger partial charge on any atom is 0.368 e. The number of hydrogen-bond acceptors (Lipinski definition) is 6. The van der Waals surface area contributed by atoms with Crippen LogP contribution in [0.5, 0.6) is 0 Å². The maximum absolute atomic E-state index is 12.9. The first-order valence-electron chi connectivity index (χ1n) is 8.35. The van der Waals surface area contributed by atoms with E-state index in [9.17, 15) is 14.4 Å². The molecule has 3 heterocycles. The van der Waals surface area contributed by atoms with Gasteiger partial charge in [0, 0.05) is 13.5 Å². The third-order valence-electron chi connectivity index (χ3n) is 5.24. The summed E-state index contributed by atoms with van der Waals surface area (Å²) < 4.78 is 5.36. The molecule has 0 unspecified atom stereocenters. The van der Waals surface area contributed by atoms with E-state index in [-0.39, 0.29) is 30.4 Å². The molecule has 2 aliphatic heterocycles. The second-order valence-electron chi connectivity index (χ2n) is 6.45. The summed E-state index contributed by atoms with van der Waals surface area (Å²) in [6, 6.07) is 3.67. The van der Waals surface area contributed by atoms with Crippen molar-refractivity contribution in [1.29, 1.82) is 0 Å². The van der Waals surface area contributed by atoms with Gasteiger partial charge in [0.15, 0.2) is 0 Å². The number of fused-ring (bicyclic) bond motifs is 1. The van der Waals surface area contributed by atoms with Crippen molar-refractivity contribution in [2.75, 3.05) is 25.7 Å². The Kier molecular flexibility index (Phi) is 5.22. The van der Waals surface area contributed by atoms with Crippen LogP contribution in [-0.4, -0.2) is 53.9 Å². The van der Waals surface area contributed by atoms with E-state index < -0.39 is 17.4 Å². The number of carbonyl (C=O) groups excluding carboxylic acids is 3. The fourth-order valence-corrected chi connectivity index (χ4v) is 5.46. The number of thiophene rings is 1. The lowest BCUT2D eigenvalue weighted by atomic mass is 9.78. The monoisotopic (exact) mass is 383 g/mol. The number of amides is 2. The zero-order valence-electron chi connectivity index (χ0n) is 14.6. The lowest BCUT2D eigenvalue weighted by Crippen LogP contribution is -2.98. The summed E-state index contributed by atoms with van der Waals surface area (Å²) in [5, 5.41) is 3.89. The molecule has 2 amide bonds. The van der Waals surface area contributed by atoms with Crippen molar-refractivity contribution in [3.05, 3.63) is 22.4 Å². The molecule has 1 aromatic heterocycles. The van der Waals surface area contributed by atoms with Crippen LogP contribution in [0, 0.1) is 11.8 Å². The molecule has 2 saturated heterocycles. The predicted octanol–water partition coefficient (Wildman–Crippen LogP) is 0.652. The molecule has 0 spiro atoms. The van der Waals surface area contributed by atoms with Crippen molar-refractivity contribution in [2.45, 2.75) is 24.9 Å². The van der Waals surface area contributed by atoms with Crippen LogP contribution in [0.1, 0.15) is 24.3 Å². The minimum absolute atomic E-state index is 0.194. The van der Waals surface area contributed by atoms with E-state index in [1.54, 1.807) is 30.0 Å².